The molecule has 25 heavy (non-hydrogen) atoms. The summed E-state index contributed by atoms with van der Waals surface area (Å²) in [5.41, 5.74) is 0. The molecule has 1 aromatic carbocycles. The Morgan fingerprint density at radius 3 is 1.52 bits per heavy atom. The lowest BCUT2D eigenvalue weighted by atomic mass is 10.4. The lowest BCUT2D eigenvalue weighted by Crippen LogP contribution is -2.66. The van der Waals surface area contributed by atoms with E-state index in [1.807, 2.05) is 36.9 Å². The Kier molecular flexibility index (Phi) is 7.96. The molecule has 0 aliphatic heterocycles. The minimum absolute atomic E-state index is 0.984. The average Bonchev–Trinajstić information content (AvgIpc) is 2.51. The van der Waals surface area contributed by atoms with Crippen LogP contribution in [0.5, 0.6) is 0 Å². The van der Waals surface area contributed by atoms with Crippen molar-refractivity contribution < 1.29 is 25.6 Å². The molecule has 1 unspecified atom stereocenters. The minimum Gasteiger partial charge on any atom is -0.437 e. The highest BCUT2D eigenvalue weighted by Gasteiger charge is 2.54. The van der Waals surface area contributed by atoms with Crippen LogP contribution in [-0.4, -0.2) is 55.8 Å². The van der Waals surface area contributed by atoms with Crippen molar-refractivity contribution in [3.63, 3.8) is 0 Å². The molecule has 0 fully saturated rings. The van der Waals surface area contributed by atoms with Gasteiger partial charge in [0.2, 0.25) is 0 Å². The van der Waals surface area contributed by atoms with Crippen LogP contribution in [0.3, 0.4) is 0 Å². The minimum atomic E-state index is -3.28. The molecule has 0 heterocycles. The first-order valence-corrected chi connectivity index (χ1v) is 18.4. The van der Waals surface area contributed by atoms with E-state index in [0.29, 0.717) is 0 Å². The van der Waals surface area contributed by atoms with Crippen LogP contribution in [0.1, 0.15) is 0 Å². The maximum Gasteiger partial charge on any atom is 0.670 e. The molecule has 0 aliphatic rings. The van der Waals surface area contributed by atoms with Crippen molar-refractivity contribution >= 4 is 39.7 Å². The number of hydrogen-bond donors (Lipinski definition) is 0. The molecule has 0 bridgehead atoms. The highest BCUT2D eigenvalue weighted by atomic mass is 28.5. The maximum atomic E-state index is 6.61. The van der Waals surface area contributed by atoms with Crippen LogP contribution in [0.15, 0.2) is 30.3 Å². The van der Waals surface area contributed by atoms with E-state index in [9.17, 15) is 0 Å². The second-order valence-corrected chi connectivity index (χ2v) is 21.4. The zero-order valence-electron chi connectivity index (χ0n) is 16.8. The lowest BCUT2D eigenvalue weighted by Gasteiger charge is -2.41. The van der Waals surface area contributed by atoms with Crippen molar-refractivity contribution in [1.29, 1.82) is 0 Å². The fourth-order valence-corrected chi connectivity index (χ4v) is 18.6. The first-order chi connectivity index (χ1) is 11.4. The van der Waals surface area contributed by atoms with Gasteiger partial charge in [0, 0.05) is 21.3 Å². The van der Waals surface area contributed by atoms with Crippen molar-refractivity contribution in [2.75, 3.05) is 21.3 Å². The second-order valence-electron chi connectivity index (χ2n) is 7.24. The quantitative estimate of drug-likeness (QED) is 0.543. The average molecular weight is 421 g/mol. The Balaban J connectivity index is 3.25. The highest BCUT2D eigenvalue weighted by Crippen LogP contribution is 2.24. The van der Waals surface area contributed by atoms with Crippen LogP contribution in [0.4, 0.5) is 0 Å². The van der Waals surface area contributed by atoms with E-state index < -0.39 is 34.5 Å². The van der Waals surface area contributed by atoms with Gasteiger partial charge in [0.05, 0.1) is 0 Å². The largest absolute Gasteiger partial charge is 0.670 e. The summed E-state index contributed by atoms with van der Waals surface area (Å²) >= 11 is 0. The summed E-state index contributed by atoms with van der Waals surface area (Å²) in [4.78, 5) is 0. The SMILES string of the molecule is CO[Si](OC)(OC)O[Si](C)(O[Si](C)(C)O[Si](C)(C)C)c1ccccc1. The summed E-state index contributed by atoms with van der Waals surface area (Å²) in [7, 11) is -5.81. The summed E-state index contributed by atoms with van der Waals surface area (Å²) in [5, 5.41) is 0.984. The molecule has 1 rings (SSSR count). The third-order valence-corrected chi connectivity index (χ3v) is 16.7. The third-order valence-electron chi connectivity index (χ3n) is 3.36. The molecule has 0 aromatic heterocycles. The zero-order chi connectivity index (χ0) is 19.4. The zero-order valence-corrected chi connectivity index (χ0v) is 20.8. The van der Waals surface area contributed by atoms with Crippen LogP contribution >= 0.6 is 0 Å². The van der Waals surface area contributed by atoms with Gasteiger partial charge < -0.3 is 25.6 Å². The lowest BCUT2D eigenvalue weighted by molar-refractivity contribution is 0.0415. The Hall–Kier alpha value is -0.152. The van der Waals surface area contributed by atoms with Crippen molar-refractivity contribution in [2.45, 2.75) is 39.3 Å². The highest BCUT2D eigenvalue weighted by molar-refractivity contribution is 6.93. The molecular formula is C15H32O6Si4. The fraction of sp³-hybridized carbons (Fsp3) is 0.600. The van der Waals surface area contributed by atoms with Gasteiger partial charge in [-0.1, -0.05) is 30.3 Å². The van der Waals surface area contributed by atoms with Crippen molar-refractivity contribution in [3.05, 3.63) is 30.3 Å². The van der Waals surface area contributed by atoms with Crippen molar-refractivity contribution in [1.82, 2.24) is 0 Å². The maximum absolute atomic E-state index is 6.61. The Morgan fingerprint density at radius 1 is 0.640 bits per heavy atom. The molecule has 0 radical (unpaired) electrons. The van der Waals surface area contributed by atoms with Crippen LogP contribution < -0.4 is 5.19 Å². The van der Waals surface area contributed by atoms with Gasteiger partial charge in [-0.05, 0) is 44.5 Å². The first kappa shape index (κ1) is 22.9. The van der Waals surface area contributed by atoms with Crippen LogP contribution in [0, 0.1) is 0 Å². The predicted molar refractivity (Wildman–Crippen MR) is 109 cm³/mol. The molecule has 144 valence electrons. The summed E-state index contributed by atoms with van der Waals surface area (Å²) in [6.45, 7) is 12.6. The van der Waals surface area contributed by atoms with Gasteiger partial charge in [0.1, 0.15) is 0 Å². The molecular weight excluding hydrogens is 389 g/mol. The molecule has 6 nitrogen and oxygen atoms in total. The molecule has 0 amide bonds. The standard InChI is InChI=1S/C15H32O6Si4/c1-16-25(17-2,18-3)21-24(9,15-13-11-10-12-14-15)20-23(7,8)19-22(4,5)6/h10-14H,1-9H3. The molecule has 0 saturated carbocycles. The molecule has 0 N–H and O–H groups in total. The van der Waals surface area contributed by atoms with E-state index >= 15 is 0 Å². The van der Waals surface area contributed by atoms with Gasteiger partial charge in [-0.15, -0.1) is 0 Å². The van der Waals surface area contributed by atoms with Gasteiger partial charge in [0.25, 0.3) is 0 Å². The monoisotopic (exact) mass is 420 g/mol. The number of benzene rings is 1. The Labute approximate surface area is 156 Å². The summed E-state index contributed by atoms with van der Waals surface area (Å²) < 4.78 is 35.8. The predicted octanol–water partition coefficient (Wildman–Crippen LogP) is 2.93. The summed E-state index contributed by atoms with van der Waals surface area (Å²) in [6, 6.07) is 9.91. The van der Waals surface area contributed by atoms with Crippen molar-refractivity contribution in [2.24, 2.45) is 0 Å². The molecule has 0 saturated heterocycles. The molecule has 1 aromatic rings. The number of rotatable bonds is 10. The molecule has 0 spiro atoms. The fourth-order valence-electron chi connectivity index (χ4n) is 2.72. The molecule has 1 atom stereocenters. The van der Waals surface area contributed by atoms with Gasteiger partial charge in [0.15, 0.2) is 8.32 Å². The van der Waals surface area contributed by atoms with Crippen molar-refractivity contribution in [3.8, 4) is 0 Å². The van der Waals surface area contributed by atoms with Crippen LogP contribution in [0.25, 0.3) is 0 Å². The van der Waals surface area contributed by atoms with E-state index in [2.05, 4.69) is 32.7 Å². The smallest absolute Gasteiger partial charge is 0.437 e. The van der Waals surface area contributed by atoms with Gasteiger partial charge in [-0.3, -0.25) is 0 Å². The van der Waals surface area contributed by atoms with E-state index in [1.165, 1.54) is 21.3 Å². The number of hydrogen-bond acceptors (Lipinski definition) is 6. The van der Waals surface area contributed by atoms with Crippen LogP contribution in [0.2, 0.25) is 39.3 Å². The normalized spacial score (nSPS) is 15.9. The van der Waals surface area contributed by atoms with E-state index in [-0.39, 0.29) is 0 Å². The van der Waals surface area contributed by atoms with Gasteiger partial charge in [-0.2, -0.15) is 0 Å². The topological polar surface area (TPSA) is 55.4 Å². The third kappa shape index (κ3) is 6.82. The van der Waals surface area contributed by atoms with E-state index in [4.69, 9.17) is 25.6 Å². The van der Waals surface area contributed by atoms with Gasteiger partial charge in [-0.25, -0.2) is 0 Å². The first-order valence-electron chi connectivity index (χ1n) is 8.22. The van der Waals surface area contributed by atoms with Gasteiger partial charge >= 0.3 is 26.2 Å². The summed E-state index contributed by atoms with van der Waals surface area (Å²) in [5.74, 6) is 0. The Bertz CT molecular complexity index is 524. The van der Waals surface area contributed by atoms with Crippen LogP contribution in [-0.2, 0) is 25.6 Å². The molecule has 0 aliphatic carbocycles. The molecule has 10 heteroatoms. The summed E-state index contributed by atoms with van der Waals surface area (Å²) in [6.07, 6.45) is 0. The second kappa shape index (κ2) is 8.69. The Morgan fingerprint density at radius 2 is 1.12 bits per heavy atom. The van der Waals surface area contributed by atoms with E-state index in [0.717, 1.165) is 5.19 Å². The van der Waals surface area contributed by atoms with E-state index in [1.54, 1.807) is 0 Å².